The van der Waals surface area contributed by atoms with E-state index in [0.717, 1.165) is 17.3 Å². The molecule has 1 aliphatic rings. The Labute approximate surface area is 143 Å². The Kier molecular flexibility index (Phi) is 5.61. The molecule has 1 aromatic rings. The average molecular weight is 356 g/mol. The average Bonchev–Trinajstić information content (AvgIpc) is 2.68. The second kappa shape index (κ2) is 7.26. The van der Waals surface area contributed by atoms with E-state index < -0.39 is 5.97 Å². The molecule has 4 nitrogen and oxygen atoms in total. The van der Waals surface area contributed by atoms with Gasteiger partial charge in [0, 0.05) is 5.02 Å². The smallest absolute Gasteiger partial charge is 0.326 e. The maximum Gasteiger partial charge on any atom is 0.326 e. The Balaban J connectivity index is 2.15. The van der Waals surface area contributed by atoms with Crippen molar-refractivity contribution in [1.82, 2.24) is 4.90 Å². The van der Waals surface area contributed by atoms with Crippen LogP contribution >= 0.6 is 35.6 Å². The molecule has 0 aliphatic carbocycles. The zero-order chi connectivity index (χ0) is 16.3. The first-order chi connectivity index (χ1) is 10.4. The molecule has 0 atom stereocenters. The van der Waals surface area contributed by atoms with Gasteiger partial charge in [0.15, 0.2) is 0 Å². The fraction of sp³-hybridized carbons (Fsp3) is 0.267. The van der Waals surface area contributed by atoms with Crippen LogP contribution in [0.2, 0.25) is 5.02 Å². The second-order valence-electron chi connectivity index (χ2n) is 4.83. The van der Waals surface area contributed by atoms with Crippen LogP contribution in [0.3, 0.4) is 0 Å². The Morgan fingerprint density at radius 3 is 2.77 bits per heavy atom. The summed E-state index contributed by atoms with van der Waals surface area (Å²) in [5, 5.41) is 0.548. The maximum absolute atomic E-state index is 12.4. The molecule has 1 aromatic carbocycles. The lowest BCUT2D eigenvalue weighted by molar-refractivity contribution is -0.149. The van der Waals surface area contributed by atoms with Crippen LogP contribution in [0.1, 0.15) is 19.4 Å². The van der Waals surface area contributed by atoms with Gasteiger partial charge in [0.25, 0.3) is 5.91 Å². The van der Waals surface area contributed by atoms with Crippen LogP contribution < -0.4 is 0 Å². The van der Waals surface area contributed by atoms with E-state index in [1.165, 1.54) is 4.90 Å². The highest BCUT2D eigenvalue weighted by molar-refractivity contribution is 8.26. The van der Waals surface area contributed by atoms with Crippen LogP contribution in [0.4, 0.5) is 0 Å². The minimum Gasteiger partial charge on any atom is -0.462 e. The topological polar surface area (TPSA) is 46.6 Å². The van der Waals surface area contributed by atoms with Crippen molar-refractivity contribution in [3.05, 3.63) is 39.8 Å². The summed E-state index contributed by atoms with van der Waals surface area (Å²) in [4.78, 5) is 25.7. The van der Waals surface area contributed by atoms with Crippen LogP contribution in [0, 0.1) is 0 Å². The van der Waals surface area contributed by atoms with Crippen molar-refractivity contribution in [3.63, 3.8) is 0 Å². The normalized spacial score (nSPS) is 16.7. The number of ether oxygens (including phenoxy) is 1. The standard InChI is InChI=1S/C15H14ClNO3S2/c1-9(2)20-13(18)8-17-14(19)12(22-15(17)21)7-10-5-3-4-6-11(10)16/h3-7,9H,8H2,1-2H3. The van der Waals surface area contributed by atoms with Gasteiger partial charge in [-0.05, 0) is 31.6 Å². The van der Waals surface area contributed by atoms with E-state index >= 15 is 0 Å². The first kappa shape index (κ1) is 17.0. The molecule has 0 bridgehead atoms. The number of benzene rings is 1. The van der Waals surface area contributed by atoms with E-state index in [1.54, 1.807) is 26.0 Å². The summed E-state index contributed by atoms with van der Waals surface area (Å²) in [7, 11) is 0. The number of esters is 1. The number of halogens is 1. The zero-order valence-corrected chi connectivity index (χ0v) is 14.4. The third-order valence-corrected chi connectivity index (χ3v) is 4.44. The predicted octanol–water partition coefficient (Wildman–Crippen LogP) is 3.49. The lowest BCUT2D eigenvalue weighted by Crippen LogP contribution is -2.35. The molecular weight excluding hydrogens is 342 g/mol. The van der Waals surface area contributed by atoms with Crippen molar-refractivity contribution in [3.8, 4) is 0 Å². The van der Waals surface area contributed by atoms with Crippen molar-refractivity contribution >= 4 is 57.9 Å². The predicted molar refractivity (Wildman–Crippen MR) is 92.6 cm³/mol. The fourth-order valence-electron chi connectivity index (χ4n) is 1.80. The first-order valence-electron chi connectivity index (χ1n) is 6.58. The summed E-state index contributed by atoms with van der Waals surface area (Å²) < 4.78 is 5.38. The van der Waals surface area contributed by atoms with Crippen LogP contribution in [0.5, 0.6) is 0 Å². The van der Waals surface area contributed by atoms with Gasteiger partial charge in [-0.15, -0.1) is 0 Å². The Morgan fingerprint density at radius 1 is 1.45 bits per heavy atom. The van der Waals surface area contributed by atoms with E-state index in [9.17, 15) is 9.59 Å². The van der Waals surface area contributed by atoms with Gasteiger partial charge in [-0.3, -0.25) is 14.5 Å². The maximum atomic E-state index is 12.4. The van der Waals surface area contributed by atoms with E-state index in [1.807, 2.05) is 18.2 Å². The van der Waals surface area contributed by atoms with Gasteiger partial charge in [0.1, 0.15) is 10.9 Å². The minimum atomic E-state index is -0.481. The largest absolute Gasteiger partial charge is 0.462 e. The molecule has 0 N–H and O–H groups in total. The summed E-state index contributed by atoms with van der Waals surface area (Å²) >= 11 is 12.4. The van der Waals surface area contributed by atoms with Crippen LogP contribution in [0.15, 0.2) is 29.2 Å². The Hall–Kier alpha value is -1.37. The molecule has 22 heavy (non-hydrogen) atoms. The molecule has 0 unspecified atom stereocenters. The second-order valence-corrected chi connectivity index (χ2v) is 6.91. The molecule has 2 rings (SSSR count). The number of carbonyl (C=O) groups excluding carboxylic acids is 2. The lowest BCUT2D eigenvalue weighted by atomic mass is 10.2. The first-order valence-corrected chi connectivity index (χ1v) is 8.18. The summed E-state index contributed by atoms with van der Waals surface area (Å²) in [5.41, 5.74) is 0.731. The molecule has 7 heteroatoms. The van der Waals surface area contributed by atoms with Crippen molar-refractivity contribution in [1.29, 1.82) is 0 Å². The molecular formula is C15H14ClNO3S2. The number of amides is 1. The lowest BCUT2D eigenvalue weighted by Gasteiger charge is -2.14. The number of thioether (sulfide) groups is 1. The van der Waals surface area contributed by atoms with Crippen LogP contribution in [0.25, 0.3) is 6.08 Å². The number of nitrogens with zero attached hydrogens (tertiary/aromatic N) is 1. The number of hydrogen-bond donors (Lipinski definition) is 0. The molecule has 0 saturated carbocycles. The van der Waals surface area contributed by atoms with Crippen molar-refractivity contribution < 1.29 is 14.3 Å². The summed E-state index contributed by atoms with van der Waals surface area (Å²) in [5.74, 6) is -0.791. The van der Waals surface area contributed by atoms with Gasteiger partial charge in [0.2, 0.25) is 0 Å². The highest BCUT2D eigenvalue weighted by atomic mass is 35.5. The van der Waals surface area contributed by atoms with Gasteiger partial charge in [-0.25, -0.2) is 0 Å². The van der Waals surface area contributed by atoms with Gasteiger partial charge in [0.05, 0.1) is 11.0 Å². The number of thiocarbonyl (C=S) groups is 1. The molecule has 1 saturated heterocycles. The monoisotopic (exact) mass is 355 g/mol. The molecule has 1 amide bonds. The molecule has 116 valence electrons. The number of hydrogen-bond acceptors (Lipinski definition) is 5. The number of carbonyl (C=O) groups is 2. The molecule has 1 fully saturated rings. The van der Waals surface area contributed by atoms with E-state index in [2.05, 4.69) is 0 Å². The molecule has 1 heterocycles. The van der Waals surface area contributed by atoms with Crippen LogP contribution in [-0.2, 0) is 14.3 Å². The molecule has 0 radical (unpaired) electrons. The van der Waals surface area contributed by atoms with Crippen molar-refractivity contribution in [2.45, 2.75) is 20.0 Å². The van der Waals surface area contributed by atoms with Gasteiger partial charge >= 0.3 is 5.97 Å². The van der Waals surface area contributed by atoms with Gasteiger partial charge < -0.3 is 4.74 Å². The highest BCUT2D eigenvalue weighted by Crippen LogP contribution is 2.33. The van der Waals surface area contributed by atoms with Crippen molar-refractivity contribution in [2.24, 2.45) is 0 Å². The number of rotatable bonds is 4. The summed E-state index contributed by atoms with van der Waals surface area (Å²) in [6.45, 7) is 3.32. The Morgan fingerprint density at radius 2 is 2.14 bits per heavy atom. The van der Waals surface area contributed by atoms with Gasteiger partial charge in [-0.2, -0.15) is 0 Å². The molecule has 0 aromatic heterocycles. The SMILES string of the molecule is CC(C)OC(=O)CN1C(=O)C(=Cc2ccccc2Cl)SC1=S. The molecule has 0 spiro atoms. The fourth-order valence-corrected chi connectivity index (χ4v) is 3.24. The van der Waals surface area contributed by atoms with Crippen molar-refractivity contribution in [2.75, 3.05) is 6.54 Å². The van der Waals surface area contributed by atoms with E-state index in [4.69, 9.17) is 28.6 Å². The van der Waals surface area contributed by atoms with E-state index in [0.29, 0.717) is 14.2 Å². The molecule has 1 aliphatic heterocycles. The third-order valence-electron chi connectivity index (χ3n) is 2.72. The highest BCUT2D eigenvalue weighted by Gasteiger charge is 2.34. The Bertz CT molecular complexity index is 658. The summed E-state index contributed by atoms with van der Waals surface area (Å²) in [6.07, 6.45) is 1.44. The minimum absolute atomic E-state index is 0.178. The van der Waals surface area contributed by atoms with Crippen LogP contribution in [-0.4, -0.2) is 33.7 Å². The zero-order valence-electron chi connectivity index (χ0n) is 12.0. The van der Waals surface area contributed by atoms with E-state index in [-0.39, 0.29) is 18.6 Å². The summed E-state index contributed by atoms with van der Waals surface area (Å²) in [6, 6.07) is 7.20. The third kappa shape index (κ3) is 4.09. The quantitative estimate of drug-likeness (QED) is 0.470. The van der Waals surface area contributed by atoms with Gasteiger partial charge in [-0.1, -0.05) is 53.8 Å².